The molecule has 12 heteroatoms. The Bertz CT molecular complexity index is 827. The van der Waals surface area contributed by atoms with Crippen molar-refractivity contribution in [3.63, 3.8) is 0 Å². The number of carbonyl (C=O) groups excluding carboxylic acids is 4. The fourth-order valence-electron chi connectivity index (χ4n) is 4.54. The van der Waals surface area contributed by atoms with Gasteiger partial charge in [-0.15, -0.1) is 0 Å². The van der Waals surface area contributed by atoms with Gasteiger partial charge >= 0.3 is 11.9 Å². The molecule has 0 atom stereocenters. The molecule has 0 saturated heterocycles. The highest BCUT2D eigenvalue weighted by atomic mass is 16.5. The van der Waals surface area contributed by atoms with E-state index in [4.69, 9.17) is 9.47 Å². The van der Waals surface area contributed by atoms with Crippen molar-refractivity contribution in [3.05, 3.63) is 0 Å². The predicted molar refractivity (Wildman–Crippen MR) is 180 cm³/mol. The highest BCUT2D eigenvalue weighted by molar-refractivity contribution is 5.80. The maximum Gasteiger partial charge on any atom is 0.320 e. The lowest BCUT2D eigenvalue weighted by Gasteiger charge is -2.27. The van der Waals surface area contributed by atoms with E-state index in [-0.39, 0.29) is 50.5 Å². The van der Waals surface area contributed by atoms with E-state index in [2.05, 4.69) is 38.7 Å². The molecule has 0 unspecified atom stereocenters. The Hall–Kier alpha value is -2.28. The van der Waals surface area contributed by atoms with Gasteiger partial charge in [0.1, 0.15) is 0 Å². The number of likely N-dealkylation sites (N-methyl/N-ethyl adjacent to an activating group) is 2. The van der Waals surface area contributed by atoms with Crippen LogP contribution in [0.4, 0.5) is 0 Å². The topological polar surface area (TPSA) is 117 Å². The highest BCUT2D eigenvalue weighted by Gasteiger charge is 2.21. The quantitative estimate of drug-likeness (QED) is 0.0754. The van der Waals surface area contributed by atoms with Crippen molar-refractivity contribution >= 4 is 23.8 Å². The van der Waals surface area contributed by atoms with Gasteiger partial charge in [0, 0.05) is 13.1 Å². The number of hydrogen-bond donors (Lipinski definition) is 2. The summed E-state index contributed by atoms with van der Waals surface area (Å²) in [6, 6.07) is 0. The van der Waals surface area contributed by atoms with Gasteiger partial charge in [0.2, 0.25) is 11.8 Å². The lowest BCUT2D eigenvalue weighted by atomic mass is 10.1. The molecular formula is C33H68N6O6+2. The fourth-order valence-corrected chi connectivity index (χ4v) is 4.54. The standard InChI is InChI=1S/C33H66N6O6/c1-9-10-11-12-13-14-15-16-17-18-25-45-33(43)29-37(27-31(41)35-20-24-39(5,6)7)22-21-36(28-32(42)44-8)26-30(40)34-19-23-38(2,3)4/h9-29H2,1-8H3/p+2. The Kier molecular flexibility index (Phi) is 23.6. The van der Waals surface area contributed by atoms with Crippen LogP contribution >= 0.6 is 0 Å². The number of quaternary nitrogens is 2. The second-order valence-electron chi connectivity index (χ2n) is 14.1. The van der Waals surface area contributed by atoms with Crippen molar-refractivity contribution in [3.8, 4) is 0 Å². The minimum atomic E-state index is -0.463. The molecule has 0 fully saturated rings. The first-order chi connectivity index (χ1) is 21.1. The van der Waals surface area contributed by atoms with E-state index < -0.39 is 5.97 Å². The van der Waals surface area contributed by atoms with E-state index in [0.717, 1.165) is 32.4 Å². The Morgan fingerprint density at radius 3 is 1.38 bits per heavy atom. The maximum atomic E-state index is 12.8. The summed E-state index contributed by atoms with van der Waals surface area (Å²) in [5, 5.41) is 5.83. The van der Waals surface area contributed by atoms with Gasteiger partial charge in [0.15, 0.2) is 0 Å². The van der Waals surface area contributed by atoms with Gasteiger partial charge in [-0.2, -0.15) is 0 Å². The zero-order chi connectivity index (χ0) is 34.1. The number of rotatable bonds is 28. The van der Waals surface area contributed by atoms with Gasteiger partial charge in [-0.25, -0.2) is 0 Å². The van der Waals surface area contributed by atoms with E-state index in [1.54, 1.807) is 9.80 Å². The van der Waals surface area contributed by atoms with Crippen molar-refractivity contribution in [2.45, 2.75) is 71.1 Å². The highest BCUT2D eigenvalue weighted by Crippen LogP contribution is 2.10. The minimum absolute atomic E-state index is 0.00103. The van der Waals surface area contributed by atoms with E-state index in [9.17, 15) is 19.2 Å². The summed E-state index contributed by atoms with van der Waals surface area (Å²) in [5.41, 5.74) is 0. The number of hydrogen-bond acceptors (Lipinski definition) is 8. The molecule has 264 valence electrons. The third-order valence-corrected chi connectivity index (χ3v) is 7.37. The van der Waals surface area contributed by atoms with Crippen molar-refractivity contribution in [1.82, 2.24) is 20.4 Å². The van der Waals surface area contributed by atoms with E-state index in [0.29, 0.717) is 35.2 Å². The van der Waals surface area contributed by atoms with E-state index in [1.165, 1.54) is 52.1 Å². The molecule has 0 aliphatic heterocycles. The smallest absolute Gasteiger partial charge is 0.320 e. The number of amides is 2. The molecule has 12 nitrogen and oxygen atoms in total. The van der Waals surface area contributed by atoms with Crippen molar-refractivity contribution in [2.75, 3.05) is 121 Å². The summed E-state index contributed by atoms with van der Waals surface area (Å²) in [5.74, 6) is -1.24. The molecular weight excluding hydrogens is 576 g/mol. The largest absolute Gasteiger partial charge is 0.468 e. The van der Waals surface area contributed by atoms with Crippen LogP contribution in [0.2, 0.25) is 0 Å². The molecule has 2 N–H and O–H groups in total. The number of esters is 2. The summed E-state index contributed by atoms with van der Waals surface area (Å²) in [4.78, 5) is 53.6. The van der Waals surface area contributed by atoms with Gasteiger partial charge in [-0.05, 0) is 6.42 Å². The van der Waals surface area contributed by atoms with Crippen LogP contribution < -0.4 is 10.6 Å². The van der Waals surface area contributed by atoms with E-state index >= 15 is 0 Å². The minimum Gasteiger partial charge on any atom is -0.468 e. The average Bonchev–Trinajstić information content (AvgIpc) is 2.92. The molecule has 0 radical (unpaired) electrons. The molecule has 0 aliphatic carbocycles. The molecule has 0 spiro atoms. The first kappa shape index (κ1) is 42.7. The molecule has 0 aliphatic rings. The third-order valence-electron chi connectivity index (χ3n) is 7.37. The predicted octanol–water partition coefficient (Wildman–Crippen LogP) is 1.87. The van der Waals surface area contributed by atoms with Crippen LogP contribution in [0.25, 0.3) is 0 Å². The second-order valence-corrected chi connectivity index (χ2v) is 14.1. The van der Waals surface area contributed by atoms with Crippen LogP contribution in [-0.4, -0.2) is 164 Å². The van der Waals surface area contributed by atoms with Crippen LogP contribution in [0.1, 0.15) is 71.1 Å². The second kappa shape index (κ2) is 24.9. The molecule has 0 aromatic heterocycles. The van der Waals surface area contributed by atoms with Crippen molar-refractivity contribution < 1.29 is 37.6 Å². The van der Waals surface area contributed by atoms with Crippen LogP contribution in [-0.2, 0) is 28.7 Å². The first-order valence-corrected chi connectivity index (χ1v) is 17.0. The van der Waals surface area contributed by atoms with Gasteiger partial charge in [0.25, 0.3) is 0 Å². The maximum absolute atomic E-state index is 12.8. The lowest BCUT2D eigenvalue weighted by Crippen LogP contribution is -2.48. The van der Waals surface area contributed by atoms with Crippen LogP contribution in [0.15, 0.2) is 0 Å². The summed E-state index contributed by atoms with van der Waals surface area (Å²) in [6.07, 6.45) is 12.0. The number of carbonyl (C=O) groups is 4. The molecule has 0 aromatic rings. The number of methoxy groups -OCH3 is 1. The van der Waals surface area contributed by atoms with Crippen LogP contribution in [0.3, 0.4) is 0 Å². The van der Waals surface area contributed by atoms with Gasteiger partial charge in [-0.3, -0.25) is 29.0 Å². The normalized spacial score (nSPS) is 12.0. The molecule has 0 aromatic carbocycles. The van der Waals surface area contributed by atoms with Crippen LogP contribution in [0.5, 0.6) is 0 Å². The average molecular weight is 645 g/mol. The SMILES string of the molecule is CCCCCCCCCCCCOC(=O)CN(CCN(CC(=O)NCC[N+](C)(C)C)CC(=O)OC)CC(=O)NCC[N+](C)(C)C. The Morgan fingerprint density at radius 1 is 0.578 bits per heavy atom. The van der Waals surface area contributed by atoms with Crippen molar-refractivity contribution in [2.24, 2.45) is 0 Å². The molecule has 0 bridgehead atoms. The van der Waals surface area contributed by atoms with Gasteiger partial charge in [-0.1, -0.05) is 64.7 Å². The molecule has 2 amide bonds. The van der Waals surface area contributed by atoms with Gasteiger partial charge < -0.3 is 29.1 Å². The third kappa shape index (κ3) is 28.9. The fraction of sp³-hybridized carbons (Fsp3) is 0.879. The number of nitrogens with one attached hydrogen (secondary N) is 2. The summed E-state index contributed by atoms with van der Waals surface area (Å²) in [7, 11) is 13.6. The van der Waals surface area contributed by atoms with Crippen LogP contribution in [0, 0.1) is 0 Å². The Balaban J connectivity index is 4.96. The van der Waals surface area contributed by atoms with Crippen molar-refractivity contribution in [1.29, 1.82) is 0 Å². The van der Waals surface area contributed by atoms with Gasteiger partial charge in [0.05, 0.1) is 108 Å². The zero-order valence-corrected chi connectivity index (χ0v) is 30.1. The summed E-state index contributed by atoms with van der Waals surface area (Å²) < 4.78 is 11.8. The Morgan fingerprint density at radius 2 is 0.978 bits per heavy atom. The molecule has 0 saturated carbocycles. The lowest BCUT2D eigenvalue weighted by molar-refractivity contribution is -0.869. The molecule has 0 heterocycles. The zero-order valence-electron chi connectivity index (χ0n) is 30.1. The number of unbranched alkanes of at least 4 members (excludes halogenated alkanes) is 9. The Labute approximate surface area is 274 Å². The monoisotopic (exact) mass is 645 g/mol. The summed E-state index contributed by atoms with van der Waals surface area (Å²) >= 11 is 0. The molecule has 45 heavy (non-hydrogen) atoms. The first-order valence-electron chi connectivity index (χ1n) is 17.0. The molecule has 0 rings (SSSR count). The number of nitrogens with zero attached hydrogens (tertiary/aromatic N) is 4. The number of ether oxygens (including phenoxy) is 2. The summed E-state index contributed by atoms with van der Waals surface area (Å²) in [6.45, 7) is 5.61. The van der Waals surface area contributed by atoms with E-state index in [1.807, 2.05) is 21.1 Å².